The molecule has 2 aromatic rings. The van der Waals surface area contributed by atoms with Gasteiger partial charge in [0.25, 0.3) is 0 Å². The minimum Gasteiger partial charge on any atom is -0.496 e. The van der Waals surface area contributed by atoms with E-state index in [-0.39, 0.29) is 11.9 Å². The molecule has 0 saturated carbocycles. The fraction of sp³-hybridized carbons (Fsp3) is 0.350. The molecule has 1 amide bonds. The van der Waals surface area contributed by atoms with Crippen LogP contribution in [-0.2, 0) is 11.2 Å². The Balaban J connectivity index is 1.73. The second-order valence-corrected chi connectivity index (χ2v) is 5.90. The van der Waals surface area contributed by atoms with E-state index in [1.54, 1.807) is 7.11 Å². The minimum atomic E-state index is -0.0321. The van der Waals surface area contributed by atoms with Gasteiger partial charge in [-0.25, -0.2) is 0 Å². The molecule has 0 aromatic heterocycles. The number of ether oxygens (including phenoxy) is 2. The van der Waals surface area contributed by atoms with E-state index in [9.17, 15) is 4.79 Å². The summed E-state index contributed by atoms with van der Waals surface area (Å²) in [6.07, 6.45) is 1.17. The lowest BCUT2D eigenvalue weighted by atomic mass is 10.1. The Morgan fingerprint density at radius 3 is 2.58 bits per heavy atom. The third kappa shape index (κ3) is 5.61. The number of carbonyl (C=O) groups is 1. The largest absolute Gasteiger partial charge is 0.496 e. The van der Waals surface area contributed by atoms with E-state index in [1.807, 2.05) is 56.3 Å². The highest BCUT2D eigenvalue weighted by Gasteiger charge is 2.09. The van der Waals surface area contributed by atoms with Crippen LogP contribution in [0, 0.1) is 6.92 Å². The van der Waals surface area contributed by atoms with Gasteiger partial charge in [-0.1, -0.05) is 30.3 Å². The van der Waals surface area contributed by atoms with Gasteiger partial charge in [-0.15, -0.1) is 0 Å². The smallest absolute Gasteiger partial charge is 0.220 e. The number of aryl methyl sites for hydroxylation is 2. The first kappa shape index (κ1) is 17.9. The molecule has 0 fully saturated rings. The number of methoxy groups -OCH3 is 1. The second-order valence-electron chi connectivity index (χ2n) is 5.90. The van der Waals surface area contributed by atoms with Crippen molar-refractivity contribution in [2.45, 2.75) is 32.7 Å². The molecule has 0 aliphatic carbocycles. The van der Waals surface area contributed by atoms with Gasteiger partial charge in [-0.2, -0.15) is 0 Å². The third-order valence-electron chi connectivity index (χ3n) is 3.75. The first-order valence-corrected chi connectivity index (χ1v) is 8.19. The van der Waals surface area contributed by atoms with Crippen LogP contribution in [-0.4, -0.2) is 25.7 Å². The summed E-state index contributed by atoms with van der Waals surface area (Å²) in [5.41, 5.74) is 2.22. The average Bonchev–Trinajstić information content (AvgIpc) is 2.59. The summed E-state index contributed by atoms with van der Waals surface area (Å²) < 4.78 is 10.9. The van der Waals surface area contributed by atoms with Crippen molar-refractivity contribution < 1.29 is 14.3 Å². The molecule has 4 heteroatoms. The predicted octanol–water partition coefficient (Wildman–Crippen LogP) is 3.52. The van der Waals surface area contributed by atoms with Crippen LogP contribution in [0.3, 0.4) is 0 Å². The monoisotopic (exact) mass is 327 g/mol. The van der Waals surface area contributed by atoms with Crippen LogP contribution < -0.4 is 14.8 Å². The first-order chi connectivity index (χ1) is 11.6. The van der Waals surface area contributed by atoms with Gasteiger partial charge < -0.3 is 14.8 Å². The molecule has 128 valence electrons. The van der Waals surface area contributed by atoms with Crippen molar-refractivity contribution in [1.82, 2.24) is 5.32 Å². The van der Waals surface area contributed by atoms with Crippen LogP contribution in [0.25, 0.3) is 0 Å². The van der Waals surface area contributed by atoms with Gasteiger partial charge in [0.1, 0.15) is 18.1 Å². The lowest BCUT2D eigenvalue weighted by molar-refractivity contribution is -0.121. The van der Waals surface area contributed by atoms with Crippen LogP contribution in [0.5, 0.6) is 11.5 Å². The summed E-state index contributed by atoms with van der Waals surface area (Å²) in [6.45, 7) is 4.40. The van der Waals surface area contributed by atoms with Crippen LogP contribution in [0.1, 0.15) is 24.5 Å². The number of nitrogens with one attached hydrogen (secondary N) is 1. The number of hydrogen-bond donors (Lipinski definition) is 1. The van der Waals surface area contributed by atoms with Gasteiger partial charge in [0.15, 0.2) is 0 Å². The van der Waals surface area contributed by atoms with E-state index in [4.69, 9.17) is 9.47 Å². The lowest BCUT2D eigenvalue weighted by Gasteiger charge is -2.15. The van der Waals surface area contributed by atoms with Crippen molar-refractivity contribution in [3.05, 3.63) is 59.7 Å². The van der Waals surface area contributed by atoms with Crippen molar-refractivity contribution in [3.63, 3.8) is 0 Å². The number of para-hydroxylation sites is 1. The normalized spacial score (nSPS) is 11.6. The highest BCUT2D eigenvalue weighted by Crippen LogP contribution is 2.19. The fourth-order valence-corrected chi connectivity index (χ4v) is 2.48. The van der Waals surface area contributed by atoms with Gasteiger partial charge in [-0.3, -0.25) is 4.79 Å². The molecule has 1 unspecified atom stereocenters. The van der Waals surface area contributed by atoms with Crippen molar-refractivity contribution in [2.24, 2.45) is 0 Å². The molecule has 2 rings (SSSR count). The summed E-state index contributed by atoms with van der Waals surface area (Å²) >= 11 is 0. The Kier molecular flexibility index (Phi) is 6.67. The molecule has 1 atom stereocenters. The zero-order valence-electron chi connectivity index (χ0n) is 14.5. The maximum absolute atomic E-state index is 12.1. The van der Waals surface area contributed by atoms with Gasteiger partial charge in [0.05, 0.1) is 13.2 Å². The molecule has 1 N–H and O–H groups in total. The van der Waals surface area contributed by atoms with Gasteiger partial charge >= 0.3 is 0 Å². The number of rotatable bonds is 8. The molecular formula is C20H25NO3. The quantitative estimate of drug-likeness (QED) is 0.807. The van der Waals surface area contributed by atoms with Crippen molar-refractivity contribution >= 4 is 5.91 Å². The highest BCUT2D eigenvalue weighted by molar-refractivity contribution is 5.76. The van der Waals surface area contributed by atoms with Crippen LogP contribution in [0.4, 0.5) is 0 Å². The van der Waals surface area contributed by atoms with E-state index >= 15 is 0 Å². The number of benzene rings is 2. The molecule has 2 aromatic carbocycles. The summed E-state index contributed by atoms with van der Waals surface area (Å²) in [6, 6.07) is 15.6. The lowest BCUT2D eigenvalue weighted by Crippen LogP contribution is -2.36. The summed E-state index contributed by atoms with van der Waals surface area (Å²) in [5, 5.41) is 2.97. The maximum Gasteiger partial charge on any atom is 0.220 e. The molecular weight excluding hydrogens is 302 g/mol. The Bertz CT molecular complexity index is 655. The Labute approximate surface area is 143 Å². The molecule has 0 heterocycles. The number of carbonyl (C=O) groups excluding carboxylic acids is 1. The van der Waals surface area contributed by atoms with Crippen molar-refractivity contribution in [2.75, 3.05) is 13.7 Å². The average molecular weight is 327 g/mol. The van der Waals surface area contributed by atoms with Gasteiger partial charge in [-0.05, 0) is 49.6 Å². The topological polar surface area (TPSA) is 47.6 Å². The standard InChI is InChI=1S/C20H25NO3/c1-15-13-17(9-11-19(15)23-3)10-12-20(22)21-16(2)14-24-18-7-5-4-6-8-18/h4-9,11,13,16H,10,12,14H2,1-3H3,(H,21,22). The second kappa shape index (κ2) is 8.96. The van der Waals surface area contributed by atoms with Crippen molar-refractivity contribution in [1.29, 1.82) is 0 Å². The first-order valence-electron chi connectivity index (χ1n) is 8.19. The van der Waals surface area contributed by atoms with Crippen LogP contribution in [0.15, 0.2) is 48.5 Å². The molecule has 0 saturated heterocycles. The maximum atomic E-state index is 12.1. The Morgan fingerprint density at radius 1 is 1.17 bits per heavy atom. The highest BCUT2D eigenvalue weighted by atomic mass is 16.5. The van der Waals surface area contributed by atoms with Crippen LogP contribution >= 0.6 is 0 Å². The zero-order chi connectivity index (χ0) is 17.4. The summed E-state index contributed by atoms with van der Waals surface area (Å²) in [7, 11) is 1.66. The molecule has 0 aliphatic rings. The van der Waals surface area contributed by atoms with Crippen LogP contribution in [0.2, 0.25) is 0 Å². The molecule has 4 nitrogen and oxygen atoms in total. The Morgan fingerprint density at radius 2 is 1.92 bits per heavy atom. The number of hydrogen-bond acceptors (Lipinski definition) is 3. The fourth-order valence-electron chi connectivity index (χ4n) is 2.48. The van der Waals surface area contributed by atoms with E-state index in [1.165, 1.54) is 0 Å². The van der Waals surface area contributed by atoms with E-state index in [2.05, 4.69) is 11.4 Å². The van der Waals surface area contributed by atoms with Gasteiger partial charge in [0, 0.05) is 6.42 Å². The predicted molar refractivity (Wildman–Crippen MR) is 95.6 cm³/mol. The molecule has 0 aliphatic heterocycles. The van der Waals surface area contributed by atoms with E-state index in [0.29, 0.717) is 19.4 Å². The number of amides is 1. The SMILES string of the molecule is COc1ccc(CCC(=O)NC(C)COc2ccccc2)cc1C. The van der Waals surface area contributed by atoms with E-state index < -0.39 is 0 Å². The zero-order valence-corrected chi connectivity index (χ0v) is 14.5. The summed E-state index contributed by atoms with van der Waals surface area (Å²) in [5.74, 6) is 1.72. The van der Waals surface area contributed by atoms with E-state index in [0.717, 1.165) is 22.6 Å². The molecule has 0 spiro atoms. The molecule has 24 heavy (non-hydrogen) atoms. The summed E-state index contributed by atoms with van der Waals surface area (Å²) in [4.78, 5) is 12.1. The molecule has 0 radical (unpaired) electrons. The minimum absolute atomic E-state index is 0.0321. The Hall–Kier alpha value is -2.49. The third-order valence-corrected chi connectivity index (χ3v) is 3.75. The van der Waals surface area contributed by atoms with Gasteiger partial charge in [0.2, 0.25) is 5.91 Å². The van der Waals surface area contributed by atoms with Crippen molar-refractivity contribution in [3.8, 4) is 11.5 Å². The molecule has 0 bridgehead atoms.